The predicted octanol–water partition coefficient (Wildman–Crippen LogP) is 3.01. The Morgan fingerprint density at radius 1 is 1.41 bits per heavy atom. The fraction of sp³-hybridized carbons (Fsp3) is 0.348. The molecule has 0 aliphatic carbocycles. The number of nitriles is 1. The topological polar surface area (TPSA) is 122 Å². The minimum atomic E-state index is -0.813. The van der Waals surface area contributed by atoms with E-state index in [9.17, 15) is 10.1 Å². The lowest BCUT2D eigenvalue weighted by atomic mass is 9.82. The van der Waals surface area contributed by atoms with Crippen molar-refractivity contribution in [2.45, 2.75) is 32.7 Å². The normalized spacial score (nSPS) is 15.8. The van der Waals surface area contributed by atoms with Crippen molar-refractivity contribution in [1.29, 1.82) is 5.26 Å². The zero-order chi connectivity index (χ0) is 23.1. The fourth-order valence-corrected chi connectivity index (χ4v) is 3.58. The van der Waals surface area contributed by atoms with Crippen molar-refractivity contribution >= 4 is 5.97 Å². The SMILES string of the molecule is CCOC(=O)C1=C(C)OC(N)=C(C#N)C1c1cccc(OC)c1OCCCn1ccnc1. The van der Waals surface area contributed by atoms with Crippen molar-refractivity contribution in [1.82, 2.24) is 9.55 Å². The zero-order valence-electron chi connectivity index (χ0n) is 18.3. The standard InChI is InChI=1S/C23H26N4O5/c1-4-30-23(28)19-15(2)32-22(25)17(13-24)20(19)16-7-5-8-18(29-3)21(16)31-12-6-10-27-11-9-26-14-27/h5,7-9,11,14,20H,4,6,10,12,25H2,1-3H3. The third kappa shape index (κ3) is 4.70. The summed E-state index contributed by atoms with van der Waals surface area (Å²) in [6.45, 7) is 4.62. The summed E-state index contributed by atoms with van der Waals surface area (Å²) in [7, 11) is 1.53. The van der Waals surface area contributed by atoms with Crippen LogP contribution in [0.5, 0.6) is 11.5 Å². The van der Waals surface area contributed by atoms with Crippen LogP contribution in [0.25, 0.3) is 0 Å². The molecule has 1 aliphatic rings. The molecule has 0 saturated heterocycles. The molecule has 1 aromatic heterocycles. The van der Waals surface area contributed by atoms with E-state index in [1.54, 1.807) is 44.6 Å². The molecule has 2 aromatic rings. The van der Waals surface area contributed by atoms with E-state index >= 15 is 0 Å². The molecule has 2 heterocycles. The predicted molar refractivity (Wildman–Crippen MR) is 115 cm³/mol. The second-order valence-electron chi connectivity index (χ2n) is 7.00. The van der Waals surface area contributed by atoms with Crippen LogP contribution in [-0.4, -0.2) is 35.8 Å². The van der Waals surface area contributed by atoms with Gasteiger partial charge in [-0.2, -0.15) is 5.26 Å². The molecule has 1 aromatic carbocycles. The summed E-state index contributed by atoms with van der Waals surface area (Å²) in [5, 5.41) is 9.82. The molecule has 1 aliphatic heterocycles. The Balaban J connectivity index is 1.99. The van der Waals surface area contributed by atoms with Crippen LogP contribution in [0.15, 0.2) is 59.7 Å². The number of allylic oxidation sites excluding steroid dienone is 2. The van der Waals surface area contributed by atoms with E-state index in [4.69, 9.17) is 24.7 Å². The maximum absolute atomic E-state index is 12.8. The van der Waals surface area contributed by atoms with Gasteiger partial charge < -0.3 is 29.2 Å². The molecule has 32 heavy (non-hydrogen) atoms. The van der Waals surface area contributed by atoms with Gasteiger partial charge in [-0.25, -0.2) is 9.78 Å². The van der Waals surface area contributed by atoms with Crippen molar-refractivity contribution < 1.29 is 23.7 Å². The molecule has 0 fully saturated rings. The van der Waals surface area contributed by atoms with Crippen molar-refractivity contribution in [3.63, 3.8) is 0 Å². The summed E-state index contributed by atoms with van der Waals surface area (Å²) < 4.78 is 24.3. The highest BCUT2D eigenvalue weighted by Gasteiger charge is 2.38. The number of carbonyl (C=O) groups excluding carboxylic acids is 1. The van der Waals surface area contributed by atoms with Gasteiger partial charge in [0.05, 0.1) is 38.1 Å². The van der Waals surface area contributed by atoms with Gasteiger partial charge in [-0.1, -0.05) is 12.1 Å². The van der Waals surface area contributed by atoms with Gasteiger partial charge in [-0.15, -0.1) is 0 Å². The smallest absolute Gasteiger partial charge is 0.338 e. The Bertz CT molecular complexity index is 1070. The molecule has 9 heteroatoms. The lowest BCUT2D eigenvalue weighted by Crippen LogP contribution is -2.26. The second kappa shape index (κ2) is 10.4. The van der Waals surface area contributed by atoms with Crippen LogP contribution in [0.4, 0.5) is 0 Å². The van der Waals surface area contributed by atoms with Gasteiger partial charge in [-0.3, -0.25) is 0 Å². The highest BCUT2D eigenvalue weighted by Crippen LogP contribution is 2.45. The first-order chi connectivity index (χ1) is 15.5. The quantitative estimate of drug-likeness (QED) is 0.468. The molecule has 0 bridgehead atoms. The number of nitrogens with zero attached hydrogens (tertiary/aromatic N) is 3. The molecule has 168 valence electrons. The molecular weight excluding hydrogens is 412 g/mol. The van der Waals surface area contributed by atoms with E-state index in [1.807, 2.05) is 10.8 Å². The van der Waals surface area contributed by atoms with Gasteiger partial charge in [0.25, 0.3) is 0 Å². The maximum atomic E-state index is 12.8. The molecule has 2 N–H and O–H groups in total. The van der Waals surface area contributed by atoms with Crippen LogP contribution in [0.3, 0.4) is 0 Å². The summed E-state index contributed by atoms with van der Waals surface area (Å²) in [4.78, 5) is 16.8. The number of para-hydroxylation sites is 1. The van der Waals surface area contributed by atoms with Crippen molar-refractivity contribution in [3.05, 3.63) is 65.3 Å². The first-order valence-electron chi connectivity index (χ1n) is 10.2. The van der Waals surface area contributed by atoms with E-state index in [1.165, 1.54) is 7.11 Å². The van der Waals surface area contributed by atoms with Crippen LogP contribution in [0.1, 0.15) is 31.7 Å². The monoisotopic (exact) mass is 438 g/mol. The number of benzene rings is 1. The first-order valence-corrected chi connectivity index (χ1v) is 10.2. The number of hydrogen-bond acceptors (Lipinski definition) is 8. The minimum Gasteiger partial charge on any atom is -0.493 e. The number of hydrogen-bond donors (Lipinski definition) is 1. The Morgan fingerprint density at radius 2 is 2.22 bits per heavy atom. The van der Waals surface area contributed by atoms with E-state index in [2.05, 4.69) is 11.1 Å². The number of nitrogens with two attached hydrogens (primary N) is 1. The fourth-order valence-electron chi connectivity index (χ4n) is 3.58. The molecule has 1 unspecified atom stereocenters. The van der Waals surface area contributed by atoms with Gasteiger partial charge in [0.15, 0.2) is 11.5 Å². The van der Waals surface area contributed by atoms with E-state index in [0.29, 0.717) is 30.1 Å². The zero-order valence-corrected chi connectivity index (χ0v) is 18.3. The number of aryl methyl sites for hydroxylation is 1. The van der Waals surface area contributed by atoms with Gasteiger partial charge >= 0.3 is 5.97 Å². The van der Waals surface area contributed by atoms with Crippen LogP contribution in [0.2, 0.25) is 0 Å². The van der Waals surface area contributed by atoms with Crippen molar-refractivity contribution in [2.75, 3.05) is 20.3 Å². The summed E-state index contributed by atoms with van der Waals surface area (Å²) in [6, 6.07) is 7.39. The van der Waals surface area contributed by atoms with Crippen LogP contribution < -0.4 is 15.2 Å². The lowest BCUT2D eigenvalue weighted by Gasteiger charge is -2.28. The highest BCUT2D eigenvalue weighted by molar-refractivity contribution is 5.93. The summed E-state index contributed by atoms with van der Waals surface area (Å²) >= 11 is 0. The van der Waals surface area contributed by atoms with Crippen molar-refractivity contribution in [3.8, 4) is 17.6 Å². The van der Waals surface area contributed by atoms with Crippen molar-refractivity contribution in [2.24, 2.45) is 5.73 Å². The first kappa shape index (κ1) is 22.7. The van der Waals surface area contributed by atoms with Gasteiger partial charge in [0.2, 0.25) is 5.88 Å². The number of rotatable bonds is 9. The molecule has 9 nitrogen and oxygen atoms in total. The molecule has 1 atom stereocenters. The largest absolute Gasteiger partial charge is 0.493 e. The van der Waals surface area contributed by atoms with Gasteiger partial charge in [0.1, 0.15) is 17.4 Å². The van der Waals surface area contributed by atoms with E-state index in [0.717, 1.165) is 6.54 Å². The lowest BCUT2D eigenvalue weighted by molar-refractivity contribution is -0.139. The summed E-state index contributed by atoms with van der Waals surface area (Å²) in [6.07, 6.45) is 6.05. The second-order valence-corrected chi connectivity index (χ2v) is 7.00. The Hall–Kier alpha value is -3.93. The van der Waals surface area contributed by atoms with E-state index < -0.39 is 11.9 Å². The number of imidazole rings is 1. The van der Waals surface area contributed by atoms with Crippen LogP contribution >= 0.6 is 0 Å². The number of carbonyl (C=O) groups is 1. The molecule has 3 rings (SSSR count). The molecule has 0 radical (unpaired) electrons. The third-order valence-corrected chi connectivity index (χ3v) is 5.01. The average molecular weight is 438 g/mol. The van der Waals surface area contributed by atoms with Gasteiger partial charge in [-0.05, 0) is 26.3 Å². The molecule has 0 spiro atoms. The Morgan fingerprint density at radius 3 is 2.88 bits per heavy atom. The van der Waals surface area contributed by atoms with E-state index in [-0.39, 0.29) is 29.4 Å². The minimum absolute atomic E-state index is 0.0584. The number of ether oxygens (including phenoxy) is 4. The summed E-state index contributed by atoms with van der Waals surface area (Å²) in [5.74, 6) is -0.262. The number of esters is 1. The molecule has 0 saturated carbocycles. The average Bonchev–Trinajstić information content (AvgIpc) is 3.29. The Kier molecular flexibility index (Phi) is 7.39. The van der Waals surface area contributed by atoms with Gasteiger partial charge in [0, 0.05) is 24.5 Å². The number of methoxy groups -OCH3 is 1. The molecule has 0 amide bonds. The van der Waals surface area contributed by atoms with Crippen LogP contribution in [-0.2, 0) is 20.8 Å². The number of aromatic nitrogens is 2. The highest BCUT2D eigenvalue weighted by atomic mass is 16.5. The summed E-state index contributed by atoms with van der Waals surface area (Å²) in [5.41, 5.74) is 6.88. The van der Waals surface area contributed by atoms with Crippen LogP contribution in [0, 0.1) is 11.3 Å². The molecular formula is C23H26N4O5. The third-order valence-electron chi connectivity index (χ3n) is 5.01. The Labute approximate surface area is 186 Å². The maximum Gasteiger partial charge on any atom is 0.338 e.